The summed E-state index contributed by atoms with van der Waals surface area (Å²) in [6, 6.07) is -0.801. The lowest BCUT2D eigenvalue weighted by atomic mass is 9.99. The third-order valence-corrected chi connectivity index (χ3v) is 9.77. The van der Waals surface area contributed by atoms with E-state index in [4.69, 9.17) is 9.47 Å². The van der Waals surface area contributed by atoms with Crippen molar-refractivity contribution in [1.29, 1.82) is 0 Å². The Morgan fingerprint density at radius 1 is 0.660 bits per heavy atom. The highest BCUT2D eigenvalue weighted by molar-refractivity contribution is 5.76. The molecule has 6 N–H and O–H groups in total. The Balaban J connectivity index is 2.38. The van der Waals surface area contributed by atoms with E-state index in [1.165, 1.54) is 109 Å². The van der Waals surface area contributed by atoms with Crippen molar-refractivity contribution in [1.82, 2.24) is 5.32 Å². The Labute approximate surface area is 305 Å². The van der Waals surface area contributed by atoms with E-state index in [1.807, 2.05) is 6.08 Å². The first-order valence-electron chi connectivity index (χ1n) is 20.6. The maximum Gasteiger partial charge on any atom is 0.220 e. The number of unbranched alkanes of at least 4 members (excludes halogenated alkanes) is 21. The minimum Gasteiger partial charge on any atom is -0.394 e. The van der Waals surface area contributed by atoms with Gasteiger partial charge in [-0.3, -0.25) is 4.79 Å². The van der Waals surface area contributed by atoms with Crippen molar-refractivity contribution in [3.63, 3.8) is 0 Å². The fourth-order valence-electron chi connectivity index (χ4n) is 6.38. The first-order valence-corrected chi connectivity index (χ1v) is 20.6. The van der Waals surface area contributed by atoms with Crippen molar-refractivity contribution in [2.45, 2.75) is 217 Å². The Hall–Kier alpha value is -1.33. The molecule has 0 radical (unpaired) electrons. The minimum atomic E-state index is -1.56. The van der Waals surface area contributed by atoms with Gasteiger partial charge in [-0.05, 0) is 44.9 Å². The van der Waals surface area contributed by atoms with Crippen molar-refractivity contribution in [3.05, 3.63) is 24.3 Å². The molecule has 7 atom stereocenters. The molecular formula is C41H77NO8. The van der Waals surface area contributed by atoms with Gasteiger partial charge in [0, 0.05) is 6.42 Å². The van der Waals surface area contributed by atoms with E-state index in [2.05, 4.69) is 31.3 Å². The lowest BCUT2D eigenvalue weighted by Gasteiger charge is -2.40. The van der Waals surface area contributed by atoms with Crippen molar-refractivity contribution in [2.75, 3.05) is 13.2 Å². The van der Waals surface area contributed by atoms with Crippen LogP contribution in [0.4, 0.5) is 0 Å². The maximum absolute atomic E-state index is 12.9. The summed E-state index contributed by atoms with van der Waals surface area (Å²) in [6.45, 7) is 3.73. The highest BCUT2D eigenvalue weighted by Gasteiger charge is 2.44. The highest BCUT2D eigenvalue weighted by Crippen LogP contribution is 2.22. The molecule has 1 saturated heterocycles. The number of carbonyl (C=O) groups excluding carboxylic acids is 1. The van der Waals surface area contributed by atoms with Crippen molar-refractivity contribution >= 4 is 5.91 Å². The zero-order valence-electron chi connectivity index (χ0n) is 31.9. The smallest absolute Gasteiger partial charge is 0.220 e. The minimum absolute atomic E-state index is 0.185. The largest absolute Gasteiger partial charge is 0.394 e. The van der Waals surface area contributed by atoms with Crippen LogP contribution in [0, 0.1) is 0 Å². The van der Waals surface area contributed by atoms with Crippen LogP contribution < -0.4 is 5.32 Å². The molecule has 7 unspecified atom stereocenters. The second-order valence-corrected chi connectivity index (χ2v) is 14.4. The van der Waals surface area contributed by atoms with Crippen LogP contribution in [0.25, 0.3) is 0 Å². The highest BCUT2D eigenvalue weighted by atomic mass is 16.7. The van der Waals surface area contributed by atoms with Gasteiger partial charge in [0.2, 0.25) is 5.91 Å². The van der Waals surface area contributed by atoms with Gasteiger partial charge >= 0.3 is 0 Å². The quantitative estimate of drug-likeness (QED) is 0.0302. The fourth-order valence-corrected chi connectivity index (χ4v) is 6.38. The van der Waals surface area contributed by atoms with Crippen molar-refractivity contribution < 1.29 is 39.8 Å². The van der Waals surface area contributed by atoms with Crippen LogP contribution in [0.2, 0.25) is 0 Å². The van der Waals surface area contributed by atoms with Gasteiger partial charge in [-0.25, -0.2) is 0 Å². The van der Waals surface area contributed by atoms with Gasteiger partial charge in [-0.2, -0.15) is 0 Å². The molecule has 0 aromatic heterocycles. The second kappa shape index (κ2) is 32.3. The molecule has 9 heteroatoms. The van der Waals surface area contributed by atoms with E-state index in [9.17, 15) is 30.3 Å². The molecule has 0 spiro atoms. The number of carbonyl (C=O) groups is 1. The first kappa shape index (κ1) is 46.7. The van der Waals surface area contributed by atoms with Crippen LogP contribution in [0.1, 0.15) is 174 Å². The maximum atomic E-state index is 12.9. The zero-order valence-corrected chi connectivity index (χ0v) is 31.9. The number of aliphatic hydroxyl groups is 5. The average Bonchev–Trinajstić information content (AvgIpc) is 3.11. The molecule has 1 fully saturated rings. The number of ether oxygens (including phenoxy) is 2. The summed E-state index contributed by atoms with van der Waals surface area (Å²) < 4.78 is 11.2. The van der Waals surface area contributed by atoms with Gasteiger partial charge in [0.05, 0.1) is 25.4 Å². The Bertz CT molecular complexity index is 837. The number of aliphatic hydroxyl groups excluding tert-OH is 5. The van der Waals surface area contributed by atoms with Crippen LogP contribution in [0.3, 0.4) is 0 Å². The van der Waals surface area contributed by atoms with Crippen LogP contribution in [0.5, 0.6) is 0 Å². The topological polar surface area (TPSA) is 149 Å². The normalized spacial score (nSPS) is 22.4. The Morgan fingerprint density at radius 3 is 1.62 bits per heavy atom. The van der Waals surface area contributed by atoms with Gasteiger partial charge < -0.3 is 40.3 Å². The number of rotatable bonds is 33. The number of allylic oxidation sites excluding steroid dienone is 3. The summed E-state index contributed by atoms with van der Waals surface area (Å²) in [5, 5.41) is 53.9. The van der Waals surface area contributed by atoms with E-state index in [0.29, 0.717) is 6.42 Å². The molecule has 0 aromatic rings. The van der Waals surface area contributed by atoms with Gasteiger partial charge in [0.25, 0.3) is 0 Å². The van der Waals surface area contributed by atoms with Crippen molar-refractivity contribution in [3.8, 4) is 0 Å². The first-order chi connectivity index (χ1) is 24.3. The number of hydrogen-bond acceptors (Lipinski definition) is 8. The zero-order chi connectivity index (χ0) is 36.7. The number of nitrogens with one attached hydrogen (secondary N) is 1. The van der Waals surface area contributed by atoms with Crippen LogP contribution in [0.15, 0.2) is 24.3 Å². The monoisotopic (exact) mass is 712 g/mol. The summed E-state index contributed by atoms with van der Waals surface area (Å²) >= 11 is 0. The molecule has 50 heavy (non-hydrogen) atoms. The van der Waals surface area contributed by atoms with Gasteiger partial charge in [-0.1, -0.05) is 147 Å². The van der Waals surface area contributed by atoms with Gasteiger partial charge in [0.15, 0.2) is 6.29 Å². The van der Waals surface area contributed by atoms with Crippen LogP contribution in [-0.4, -0.2) is 87.5 Å². The summed E-state index contributed by atoms with van der Waals surface area (Å²) in [5.41, 5.74) is 0. The molecule has 1 aliphatic heterocycles. The van der Waals surface area contributed by atoms with Crippen LogP contribution >= 0.6 is 0 Å². The average molecular weight is 712 g/mol. The third kappa shape index (κ3) is 23.3. The standard InChI is InChI=1S/C41H77NO8/c1-3-5-7-9-11-13-15-16-17-18-19-20-21-23-25-27-29-31-37(45)42-34(33-49-41-40(48)39(47)38(46)36(32-43)50-41)35(44)30-28-26-24-22-14-12-10-8-6-4-2/h16-17,28,30,34-36,38-41,43-44,46-48H,3-15,18-27,29,31-33H2,1-2H3,(H,42,45)/b17-16-,30-28+. The van der Waals surface area contributed by atoms with Gasteiger partial charge in [0.1, 0.15) is 24.4 Å². The fraction of sp³-hybridized carbons (Fsp3) is 0.878. The van der Waals surface area contributed by atoms with Crippen LogP contribution in [-0.2, 0) is 14.3 Å². The Morgan fingerprint density at radius 2 is 1.12 bits per heavy atom. The summed E-state index contributed by atoms with van der Waals surface area (Å²) in [4.78, 5) is 12.9. The summed E-state index contributed by atoms with van der Waals surface area (Å²) in [7, 11) is 0. The molecule has 1 aliphatic rings. The van der Waals surface area contributed by atoms with Gasteiger partial charge in [-0.15, -0.1) is 0 Å². The molecular weight excluding hydrogens is 634 g/mol. The summed E-state index contributed by atoms with van der Waals surface area (Å²) in [6.07, 6.45) is 29.3. The van der Waals surface area contributed by atoms with E-state index in [-0.39, 0.29) is 12.5 Å². The molecule has 0 bridgehead atoms. The molecule has 1 rings (SSSR count). The second-order valence-electron chi connectivity index (χ2n) is 14.4. The van der Waals surface area contributed by atoms with E-state index < -0.39 is 49.5 Å². The third-order valence-electron chi connectivity index (χ3n) is 9.77. The molecule has 1 heterocycles. The summed E-state index contributed by atoms with van der Waals surface area (Å²) in [5.74, 6) is -0.185. The molecule has 294 valence electrons. The molecule has 0 aliphatic carbocycles. The molecule has 0 saturated carbocycles. The number of hydrogen-bond donors (Lipinski definition) is 6. The molecule has 0 aromatic carbocycles. The van der Waals surface area contributed by atoms with E-state index >= 15 is 0 Å². The van der Waals surface area contributed by atoms with E-state index in [0.717, 1.165) is 44.9 Å². The predicted octanol–water partition coefficient (Wildman–Crippen LogP) is 7.55. The lowest BCUT2D eigenvalue weighted by Crippen LogP contribution is -2.60. The lowest BCUT2D eigenvalue weighted by molar-refractivity contribution is -0.302. The number of amides is 1. The SMILES string of the molecule is CCCCCCCC/C=C\CCCCCCCCCC(=O)NC(COC1OC(CO)C(O)C(O)C1O)C(O)/C=C/CCCCCCCCCC. The van der Waals surface area contributed by atoms with Crippen molar-refractivity contribution in [2.24, 2.45) is 0 Å². The Kier molecular flexibility index (Phi) is 30.2. The predicted molar refractivity (Wildman–Crippen MR) is 203 cm³/mol. The molecule has 1 amide bonds. The van der Waals surface area contributed by atoms with E-state index in [1.54, 1.807) is 6.08 Å². The molecule has 9 nitrogen and oxygen atoms in total.